The Kier molecular flexibility index (Phi) is 4.62. The third-order valence-electron chi connectivity index (χ3n) is 3.94. The maximum absolute atomic E-state index is 12.5. The number of benzene rings is 1. The Bertz CT molecular complexity index is 683. The number of hydrogen-bond donors (Lipinski definition) is 1. The predicted molar refractivity (Wildman–Crippen MR) is 87.3 cm³/mol. The third kappa shape index (κ3) is 3.53. The lowest BCUT2D eigenvalue weighted by Gasteiger charge is -2.35. The molecule has 6 heteroatoms. The fourth-order valence-corrected chi connectivity index (χ4v) is 2.67. The minimum absolute atomic E-state index is 0.0964. The summed E-state index contributed by atoms with van der Waals surface area (Å²) in [5, 5.41) is 2.95. The monoisotopic (exact) mass is 315 g/mol. The zero-order chi connectivity index (χ0) is 16.2. The zero-order valence-electron chi connectivity index (χ0n) is 13.4. The van der Waals surface area contributed by atoms with Crippen LogP contribution in [0.3, 0.4) is 0 Å². The van der Waals surface area contributed by atoms with Gasteiger partial charge >= 0.3 is 6.03 Å². The van der Waals surface area contributed by atoms with Crippen molar-refractivity contribution in [1.29, 1.82) is 0 Å². The molecule has 2 heterocycles. The minimum Gasteiger partial charge on any atom is -0.441 e. The van der Waals surface area contributed by atoms with E-state index in [1.165, 1.54) is 0 Å². The first-order valence-electron chi connectivity index (χ1n) is 7.85. The Morgan fingerprint density at radius 2 is 2.35 bits per heavy atom. The van der Waals surface area contributed by atoms with Gasteiger partial charge in [-0.1, -0.05) is 13.0 Å². The number of anilines is 1. The van der Waals surface area contributed by atoms with Gasteiger partial charge in [0, 0.05) is 17.8 Å². The fourth-order valence-electron chi connectivity index (χ4n) is 2.67. The second kappa shape index (κ2) is 6.83. The number of aromatic nitrogens is 1. The summed E-state index contributed by atoms with van der Waals surface area (Å²) < 4.78 is 11.0. The Hall–Kier alpha value is -2.34. The Morgan fingerprint density at radius 1 is 1.48 bits per heavy atom. The van der Waals surface area contributed by atoms with Gasteiger partial charge in [-0.25, -0.2) is 9.78 Å². The summed E-state index contributed by atoms with van der Waals surface area (Å²) >= 11 is 0. The number of rotatable bonds is 3. The smallest absolute Gasteiger partial charge is 0.322 e. The van der Waals surface area contributed by atoms with Crippen molar-refractivity contribution in [2.45, 2.75) is 26.3 Å². The van der Waals surface area contributed by atoms with Crippen LogP contribution < -0.4 is 5.32 Å². The van der Waals surface area contributed by atoms with Gasteiger partial charge in [-0.15, -0.1) is 0 Å². The number of urea groups is 1. The number of nitrogens with zero attached hydrogens (tertiary/aromatic N) is 2. The van der Waals surface area contributed by atoms with Gasteiger partial charge < -0.3 is 19.4 Å². The Balaban J connectivity index is 1.73. The van der Waals surface area contributed by atoms with E-state index in [9.17, 15) is 4.79 Å². The van der Waals surface area contributed by atoms with Crippen molar-refractivity contribution in [3.63, 3.8) is 0 Å². The van der Waals surface area contributed by atoms with Crippen LogP contribution in [0.5, 0.6) is 0 Å². The first kappa shape index (κ1) is 15.6. The summed E-state index contributed by atoms with van der Waals surface area (Å²) in [5.41, 5.74) is 1.56. The summed E-state index contributed by atoms with van der Waals surface area (Å²) in [6, 6.07) is 7.54. The highest BCUT2D eigenvalue weighted by atomic mass is 16.5. The molecule has 0 spiro atoms. The number of carbonyl (C=O) groups excluding carboxylic acids is 1. The van der Waals surface area contributed by atoms with Gasteiger partial charge in [0.15, 0.2) is 0 Å². The summed E-state index contributed by atoms with van der Waals surface area (Å²) in [6.45, 7) is 5.71. The van der Waals surface area contributed by atoms with Gasteiger partial charge in [0.1, 0.15) is 5.76 Å². The van der Waals surface area contributed by atoms with E-state index in [-0.39, 0.29) is 12.1 Å². The van der Waals surface area contributed by atoms with Crippen LogP contribution in [-0.2, 0) is 4.74 Å². The summed E-state index contributed by atoms with van der Waals surface area (Å²) in [6.07, 6.45) is 2.56. The van der Waals surface area contributed by atoms with Crippen LogP contribution in [-0.4, -0.2) is 41.7 Å². The highest BCUT2D eigenvalue weighted by Gasteiger charge is 2.25. The number of nitrogens with one attached hydrogen (secondary N) is 1. The topological polar surface area (TPSA) is 67.6 Å². The molecule has 122 valence electrons. The normalized spacial score (nSPS) is 18.0. The van der Waals surface area contributed by atoms with E-state index in [1.54, 1.807) is 6.20 Å². The average Bonchev–Trinajstić information content (AvgIpc) is 3.01. The fraction of sp³-hybridized carbons (Fsp3) is 0.412. The van der Waals surface area contributed by atoms with Gasteiger partial charge in [0.2, 0.25) is 5.89 Å². The molecule has 3 rings (SSSR count). The van der Waals surface area contributed by atoms with Crippen LogP contribution in [0.25, 0.3) is 11.5 Å². The summed E-state index contributed by atoms with van der Waals surface area (Å²) in [4.78, 5) is 18.6. The second-order valence-electron chi connectivity index (χ2n) is 5.62. The summed E-state index contributed by atoms with van der Waals surface area (Å²) in [5.74, 6) is 1.31. The number of ether oxygens (including phenoxy) is 1. The van der Waals surface area contributed by atoms with Crippen molar-refractivity contribution in [3.8, 4) is 11.5 Å². The van der Waals surface area contributed by atoms with Crippen LogP contribution in [0.1, 0.15) is 19.1 Å². The molecule has 0 saturated carbocycles. The average molecular weight is 315 g/mol. The first-order chi connectivity index (χ1) is 11.2. The van der Waals surface area contributed by atoms with Crippen molar-refractivity contribution >= 4 is 11.7 Å². The molecule has 0 aliphatic carbocycles. The van der Waals surface area contributed by atoms with Crippen molar-refractivity contribution in [2.75, 3.05) is 25.1 Å². The third-order valence-corrected chi connectivity index (χ3v) is 3.94. The SMILES string of the molecule is CC[C@H]1COCCN1C(=O)Nc1cccc(-c2ncc(C)o2)c1. The first-order valence-corrected chi connectivity index (χ1v) is 7.85. The van der Waals surface area contributed by atoms with E-state index in [0.717, 1.165) is 23.4 Å². The molecule has 2 amide bonds. The van der Waals surface area contributed by atoms with Crippen molar-refractivity contribution in [1.82, 2.24) is 9.88 Å². The van der Waals surface area contributed by atoms with Gasteiger partial charge in [-0.05, 0) is 31.5 Å². The molecule has 2 aromatic rings. The zero-order valence-corrected chi connectivity index (χ0v) is 13.4. The molecule has 0 unspecified atom stereocenters. The molecular weight excluding hydrogens is 294 g/mol. The Morgan fingerprint density at radius 3 is 3.09 bits per heavy atom. The van der Waals surface area contributed by atoms with Crippen LogP contribution in [0.15, 0.2) is 34.9 Å². The predicted octanol–water partition coefficient (Wildman–Crippen LogP) is 3.29. The molecule has 1 atom stereocenters. The number of amides is 2. The molecule has 1 saturated heterocycles. The number of carbonyl (C=O) groups is 1. The lowest BCUT2D eigenvalue weighted by Crippen LogP contribution is -2.50. The molecule has 1 fully saturated rings. The highest BCUT2D eigenvalue weighted by Crippen LogP contribution is 2.23. The van der Waals surface area contributed by atoms with E-state index in [4.69, 9.17) is 9.15 Å². The lowest BCUT2D eigenvalue weighted by molar-refractivity contribution is 0.0144. The van der Waals surface area contributed by atoms with E-state index in [2.05, 4.69) is 17.2 Å². The number of oxazole rings is 1. The quantitative estimate of drug-likeness (QED) is 0.943. The molecule has 1 aliphatic heterocycles. The van der Waals surface area contributed by atoms with Gasteiger partial charge in [-0.2, -0.15) is 0 Å². The standard InChI is InChI=1S/C17H21N3O3/c1-3-15-11-22-8-7-20(15)17(21)19-14-6-4-5-13(9-14)16-18-10-12(2)23-16/h4-6,9-10,15H,3,7-8,11H2,1-2H3,(H,19,21)/t15-/m0/s1. The van der Waals surface area contributed by atoms with Crippen LogP contribution in [0.2, 0.25) is 0 Å². The van der Waals surface area contributed by atoms with Crippen LogP contribution in [0.4, 0.5) is 10.5 Å². The second-order valence-corrected chi connectivity index (χ2v) is 5.62. The van der Waals surface area contributed by atoms with Crippen molar-refractivity contribution in [3.05, 3.63) is 36.2 Å². The summed E-state index contributed by atoms with van der Waals surface area (Å²) in [7, 11) is 0. The molecule has 6 nitrogen and oxygen atoms in total. The molecule has 23 heavy (non-hydrogen) atoms. The number of aryl methyl sites for hydroxylation is 1. The molecule has 1 aromatic heterocycles. The molecule has 0 bridgehead atoms. The van der Waals surface area contributed by atoms with E-state index in [1.807, 2.05) is 36.1 Å². The minimum atomic E-state index is -0.0964. The molecule has 0 radical (unpaired) electrons. The number of hydrogen-bond acceptors (Lipinski definition) is 4. The van der Waals surface area contributed by atoms with E-state index >= 15 is 0 Å². The van der Waals surface area contributed by atoms with Crippen LogP contribution >= 0.6 is 0 Å². The Labute approximate surface area is 135 Å². The largest absolute Gasteiger partial charge is 0.441 e. The van der Waals surface area contributed by atoms with Gasteiger partial charge in [-0.3, -0.25) is 0 Å². The maximum atomic E-state index is 12.5. The van der Waals surface area contributed by atoms with E-state index < -0.39 is 0 Å². The highest BCUT2D eigenvalue weighted by molar-refractivity contribution is 5.90. The molecule has 1 aliphatic rings. The van der Waals surface area contributed by atoms with Gasteiger partial charge in [0.05, 0.1) is 25.5 Å². The molecule has 1 N–H and O–H groups in total. The van der Waals surface area contributed by atoms with Crippen LogP contribution in [0, 0.1) is 6.92 Å². The van der Waals surface area contributed by atoms with E-state index in [0.29, 0.717) is 25.6 Å². The van der Waals surface area contributed by atoms with Crippen molar-refractivity contribution in [2.24, 2.45) is 0 Å². The van der Waals surface area contributed by atoms with Crippen molar-refractivity contribution < 1.29 is 13.9 Å². The molecular formula is C17H21N3O3. The van der Waals surface area contributed by atoms with Gasteiger partial charge in [0.25, 0.3) is 0 Å². The number of morpholine rings is 1. The lowest BCUT2D eigenvalue weighted by atomic mass is 10.2. The molecule has 1 aromatic carbocycles. The maximum Gasteiger partial charge on any atom is 0.322 e.